The molecule has 0 radical (unpaired) electrons. The number of esters is 2. The first-order valence-electron chi connectivity index (χ1n) is 7.57. The molecule has 2 aromatic carbocycles. The fraction of sp³-hybridized carbons (Fsp3) is 0.111. The summed E-state index contributed by atoms with van der Waals surface area (Å²) in [5, 5.41) is 11.8. The third kappa shape index (κ3) is 3.17. The van der Waals surface area contributed by atoms with E-state index in [0.29, 0.717) is 0 Å². The lowest BCUT2D eigenvalue weighted by Gasteiger charge is -2.14. The zero-order chi connectivity index (χ0) is 19.7. The number of benzene rings is 2. The second-order valence-electron chi connectivity index (χ2n) is 5.45. The Kier molecular flexibility index (Phi) is 4.51. The molecule has 3 rings (SSSR count). The highest BCUT2D eigenvalue weighted by atomic mass is 16.6. The number of anilines is 1. The zero-order valence-electron chi connectivity index (χ0n) is 14.2. The van der Waals surface area contributed by atoms with E-state index in [1.165, 1.54) is 44.6 Å². The molecule has 0 fully saturated rings. The number of carboxylic acid groups (broad SMARTS) is 1. The van der Waals surface area contributed by atoms with Crippen molar-refractivity contribution in [3.8, 4) is 11.5 Å². The van der Waals surface area contributed by atoms with Crippen LogP contribution >= 0.6 is 0 Å². The standard InChI is InChI=1S/C18H13NO8/c1-25-13-6-11(16(21)22)12(7-14(13)26-2)19-15(20)8-3-4-9-10(5-8)18(24)27-17(9)23/h3-7H,1-2H3,(H,19,20)(H,21,22). The molecule has 1 aliphatic rings. The quantitative estimate of drug-likeness (QED) is 0.603. The first kappa shape index (κ1) is 17.9. The minimum atomic E-state index is -1.28. The van der Waals surface area contributed by atoms with Gasteiger partial charge < -0.3 is 24.6 Å². The van der Waals surface area contributed by atoms with E-state index in [9.17, 15) is 24.3 Å². The number of ether oxygens (including phenoxy) is 3. The SMILES string of the molecule is COc1cc(NC(=O)c2ccc3c(c2)C(=O)OC3=O)c(C(=O)O)cc1OC. The monoisotopic (exact) mass is 371 g/mol. The van der Waals surface area contributed by atoms with E-state index < -0.39 is 23.8 Å². The van der Waals surface area contributed by atoms with Gasteiger partial charge in [0.05, 0.1) is 36.6 Å². The van der Waals surface area contributed by atoms with Crippen molar-refractivity contribution in [1.29, 1.82) is 0 Å². The van der Waals surface area contributed by atoms with Crippen molar-refractivity contribution >= 4 is 29.5 Å². The van der Waals surface area contributed by atoms with Crippen molar-refractivity contribution in [2.75, 3.05) is 19.5 Å². The molecule has 0 saturated carbocycles. The van der Waals surface area contributed by atoms with Crippen molar-refractivity contribution in [3.63, 3.8) is 0 Å². The van der Waals surface area contributed by atoms with Crippen molar-refractivity contribution in [3.05, 3.63) is 52.6 Å². The molecule has 1 aliphatic heterocycles. The Morgan fingerprint density at radius 2 is 1.59 bits per heavy atom. The van der Waals surface area contributed by atoms with Gasteiger partial charge in [-0.05, 0) is 18.2 Å². The Hall–Kier alpha value is -3.88. The molecule has 0 aliphatic carbocycles. The number of carbonyl (C=O) groups excluding carboxylic acids is 3. The molecule has 2 N–H and O–H groups in total. The van der Waals surface area contributed by atoms with E-state index in [1.54, 1.807) is 0 Å². The number of methoxy groups -OCH3 is 2. The van der Waals surface area contributed by atoms with Crippen LogP contribution in [0.4, 0.5) is 5.69 Å². The summed E-state index contributed by atoms with van der Waals surface area (Å²) in [5.74, 6) is -3.18. The second kappa shape index (κ2) is 6.79. The molecular formula is C18H13NO8. The molecule has 1 amide bonds. The summed E-state index contributed by atoms with van der Waals surface area (Å²) < 4.78 is 14.7. The van der Waals surface area contributed by atoms with Gasteiger partial charge in [0, 0.05) is 17.7 Å². The number of hydrogen-bond acceptors (Lipinski definition) is 7. The Labute approximate surface area is 152 Å². The lowest BCUT2D eigenvalue weighted by atomic mass is 10.0. The van der Waals surface area contributed by atoms with Crippen LogP contribution in [0.5, 0.6) is 11.5 Å². The van der Waals surface area contributed by atoms with Crippen LogP contribution in [0, 0.1) is 0 Å². The molecule has 0 bridgehead atoms. The maximum absolute atomic E-state index is 12.5. The predicted molar refractivity (Wildman–Crippen MR) is 90.6 cm³/mol. The van der Waals surface area contributed by atoms with Crippen LogP contribution in [-0.4, -0.2) is 43.1 Å². The lowest BCUT2D eigenvalue weighted by molar-refractivity contribution is 0.0443. The highest BCUT2D eigenvalue weighted by Crippen LogP contribution is 2.33. The van der Waals surface area contributed by atoms with Gasteiger partial charge in [-0.1, -0.05) is 0 Å². The van der Waals surface area contributed by atoms with Crippen LogP contribution in [-0.2, 0) is 4.74 Å². The Morgan fingerprint density at radius 3 is 2.22 bits per heavy atom. The van der Waals surface area contributed by atoms with E-state index in [-0.39, 0.29) is 39.4 Å². The Bertz CT molecular complexity index is 995. The van der Waals surface area contributed by atoms with Gasteiger partial charge in [0.2, 0.25) is 0 Å². The highest BCUT2D eigenvalue weighted by molar-refractivity contribution is 6.16. The summed E-state index contributed by atoms with van der Waals surface area (Å²) in [7, 11) is 2.72. The van der Waals surface area contributed by atoms with Crippen LogP contribution in [0.15, 0.2) is 30.3 Å². The number of fused-ring (bicyclic) bond motifs is 1. The summed E-state index contributed by atoms with van der Waals surface area (Å²) in [5.41, 5.74) is -0.153. The van der Waals surface area contributed by atoms with E-state index >= 15 is 0 Å². The second-order valence-corrected chi connectivity index (χ2v) is 5.45. The van der Waals surface area contributed by atoms with Crippen molar-refractivity contribution < 1.29 is 38.5 Å². The van der Waals surface area contributed by atoms with E-state index in [0.717, 1.165) is 0 Å². The smallest absolute Gasteiger partial charge is 0.346 e. The van der Waals surface area contributed by atoms with Gasteiger partial charge in [-0.25, -0.2) is 14.4 Å². The summed E-state index contributed by atoms with van der Waals surface area (Å²) >= 11 is 0. The van der Waals surface area contributed by atoms with Crippen molar-refractivity contribution in [2.45, 2.75) is 0 Å². The van der Waals surface area contributed by atoms with Crippen LogP contribution in [0.25, 0.3) is 0 Å². The van der Waals surface area contributed by atoms with E-state index in [4.69, 9.17) is 9.47 Å². The summed E-state index contributed by atoms with van der Waals surface area (Å²) in [6, 6.07) is 6.36. The molecule has 2 aromatic rings. The van der Waals surface area contributed by atoms with E-state index in [2.05, 4.69) is 10.1 Å². The number of amides is 1. The predicted octanol–water partition coefficient (Wildman–Crippen LogP) is 1.96. The molecule has 9 nitrogen and oxygen atoms in total. The number of aromatic carboxylic acids is 1. The minimum absolute atomic E-state index is 0.0238. The lowest BCUT2D eigenvalue weighted by Crippen LogP contribution is -2.16. The van der Waals surface area contributed by atoms with Crippen LogP contribution in [0.3, 0.4) is 0 Å². The molecule has 0 aromatic heterocycles. The number of nitrogens with one attached hydrogen (secondary N) is 1. The van der Waals surface area contributed by atoms with Gasteiger partial charge in [-0.3, -0.25) is 4.79 Å². The summed E-state index contributed by atoms with van der Waals surface area (Å²) in [4.78, 5) is 47.1. The highest BCUT2D eigenvalue weighted by Gasteiger charge is 2.30. The fourth-order valence-electron chi connectivity index (χ4n) is 2.58. The van der Waals surface area contributed by atoms with Crippen molar-refractivity contribution in [2.24, 2.45) is 0 Å². The number of carbonyl (C=O) groups is 4. The van der Waals surface area contributed by atoms with Crippen LogP contribution in [0.2, 0.25) is 0 Å². The zero-order valence-corrected chi connectivity index (χ0v) is 14.2. The van der Waals surface area contributed by atoms with Crippen LogP contribution < -0.4 is 14.8 Å². The first-order chi connectivity index (χ1) is 12.8. The van der Waals surface area contributed by atoms with Gasteiger partial charge in [-0.15, -0.1) is 0 Å². The first-order valence-corrected chi connectivity index (χ1v) is 7.57. The number of cyclic esters (lactones) is 2. The molecule has 0 saturated heterocycles. The van der Waals surface area contributed by atoms with Gasteiger partial charge in [-0.2, -0.15) is 0 Å². The normalized spacial score (nSPS) is 12.2. The third-order valence-corrected chi connectivity index (χ3v) is 3.91. The maximum Gasteiger partial charge on any atom is 0.346 e. The summed E-state index contributed by atoms with van der Waals surface area (Å²) in [6.45, 7) is 0. The van der Waals surface area contributed by atoms with E-state index in [1.807, 2.05) is 0 Å². The molecule has 27 heavy (non-hydrogen) atoms. The van der Waals surface area contributed by atoms with Gasteiger partial charge in [0.15, 0.2) is 11.5 Å². The maximum atomic E-state index is 12.5. The van der Waals surface area contributed by atoms with Crippen molar-refractivity contribution in [1.82, 2.24) is 0 Å². The number of hydrogen-bond donors (Lipinski definition) is 2. The topological polar surface area (TPSA) is 128 Å². The molecule has 138 valence electrons. The number of carboxylic acids is 1. The molecule has 0 atom stereocenters. The molecule has 0 unspecified atom stereocenters. The molecule has 9 heteroatoms. The average Bonchev–Trinajstić information content (AvgIpc) is 2.94. The Morgan fingerprint density at radius 1 is 0.963 bits per heavy atom. The molecule has 1 heterocycles. The Balaban J connectivity index is 1.97. The summed E-state index contributed by atoms with van der Waals surface area (Å²) in [6.07, 6.45) is 0. The average molecular weight is 371 g/mol. The molecule has 0 spiro atoms. The largest absolute Gasteiger partial charge is 0.493 e. The minimum Gasteiger partial charge on any atom is -0.493 e. The van der Waals surface area contributed by atoms with Gasteiger partial charge >= 0.3 is 17.9 Å². The van der Waals surface area contributed by atoms with Crippen LogP contribution in [0.1, 0.15) is 41.4 Å². The fourth-order valence-corrected chi connectivity index (χ4v) is 2.58. The molecular weight excluding hydrogens is 358 g/mol. The van der Waals surface area contributed by atoms with Gasteiger partial charge in [0.1, 0.15) is 0 Å². The third-order valence-electron chi connectivity index (χ3n) is 3.91. The number of rotatable bonds is 5. The van der Waals surface area contributed by atoms with Gasteiger partial charge in [0.25, 0.3) is 5.91 Å².